The van der Waals surface area contributed by atoms with Gasteiger partial charge in [0.05, 0.1) is 5.41 Å². The van der Waals surface area contributed by atoms with E-state index >= 15 is 0 Å². The summed E-state index contributed by atoms with van der Waals surface area (Å²) in [5.74, 6) is 0.565. The number of nitrogens with one attached hydrogen (secondary N) is 1. The van der Waals surface area contributed by atoms with Crippen LogP contribution in [-0.2, 0) is 32.8 Å². The maximum absolute atomic E-state index is 13.1. The number of rotatable bonds is 8. The average molecular weight is 714 g/mol. The molecule has 2 unspecified atom stereocenters. The summed E-state index contributed by atoms with van der Waals surface area (Å²) in [6, 6.07) is 19.6. The number of benzene rings is 3. The van der Waals surface area contributed by atoms with Crippen molar-refractivity contribution in [2.75, 3.05) is 55.6 Å². The van der Waals surface area contributed by atoms with Crippen molar-refractivity contribution in [3.63, 3.8) is 0 Å². The van der Waals surface area contributed by atoms with Crippen LogP contribution in [-0.4, -0.2) is 90.8 Å². The van der Waals surface area contributed by atoms with Crippen LogP contribution in [0.25, 0.3) is 0 Å². The molecular formula is C43H47N5O5. The number of anilines is 2. The minimum absolute atomic E-state index is 0.131. The maximum Gasteiger partial charge on any atom is 0.255 e. The Bertz CT molecular complexity index is 1990. The zero-order valence-corrected chi connectivity index (χ0v) is 30.1. The van der Waals surface area contributed by atoms with Gasteiger partial charge in [0.25, 0.3) is 5.91 Å². The predicted octanol–water partition coefficient (Wildman–Crippen LogP) is 4.57. The molecule has 4 fully saturated rings. The highest BCUT2D eigenvalue weighted by Crippen LogP contribution is 2.52. The first-order valence-corrected chi connectivity index (χ1v) is 19.4. The molecule has 3 amide bonds. The molecule has 0 radical (unpaired) electrons. The van der Waals surface area contributed by atoms with Gasteiger partial charge in [-0.15, -0.1) is 0 Å². The monoisotopic (exact) mass is 713 g/mol. The molecule has 2 N–H and O–H groups in total. The summed E-state index contributed by atoms with van der Waals surface area (Å²) in [6.45, 7) is 7.39. The molecule has 6 aliphatic rings. The third kappa shape index (κ3) is 6.10. The Labute approximate surface area is 310 Å². The number of carbonyl (C=O) groups is 4. The molecule has 10 nitrogen and oxygen atoms in total. The van der Waals surface area contributed by atoms with Gasteiger partial charge in [0, 0.05) is 75.7 Å². The number of hydrogen-bond donors (Lipinski definition) is 2. The topological polar surface area (TPSA) is 114 Å². The number of hydrogen-bond acceptors (Lipinski definition) is 8. The highest BCUT2D eigenvalue weighted by Gasteiger charge is 2.47. The van der Waals surface area contributed by atoms with Gasteiger partial charge in [-0.3, -0.25) is 24.6 Å². The summed E-state index contributed by atoms with van der Waals surface area (Å²) >= 11 is 0. The Morgan fingerprint density at radius 2 is 1.53 bits per heavy atom. The highest BCUT2D eigenvalue weighted by atomic mass is 16.3. The van der Waals surface area contributed by atoms with E-state index in [0.29, 0.717) is 30.4 Å². The SMILES string of the molecule is O=CC1(c2ccc(N3CCC(CN4CCN(c5ccc6c(c5)CN(C5CCC(=O)NC5=O)C6=O)CC4)CC3)cc2)C(C2CC2)=CCc2cc(O)ccc21. The third-order valence-electron chi connectivity index (χ3n) is 12.8. The van der Waals surface area contributed by atoms with E-state index in [2.05, 4.69) is 56.4 Å². The van der Waals surface area contributed by atoms with Crippen LogP contribution in [0.4, 0.5) is 11.4 Å². The number of amides is 3. The second-order valence-corrected chi connectivity index (χ2v) is 15.9. The van der Waals surface area contributed by atoms with Gasteiger partial charge < -0.3 is 24.6 Å². The predicted molar refractivity (Wildman–Crippen MR) is 202 cm³/mol. The van der Waals surface area contributed by atoms with Crippen molar-refractivity contribution in [1.82, 2.24) is 15.1 Å². The molecular weight excluding hydrogens is 667 g/mol. The Kier molecular flexibility index (Phi) is 8.60. The summed E-state index contributed by atoms with van der Waals surface area (Å²) < 4.78 is 0. The van der Waals surface area contributed by atoms with Crippen LogP contribution < -0.4 is 15.1 Å². The van der Waals surface area contributed by atoms with Gasteiger partial charge in [0.1, 0.15) is 18.1 Å². The van der Waals surface area contributed by atoms with Crippen molar-refractivity contribution in [1.29, 1.82) is 0 Å². The number of carbonyl (C=O) groups excluding carboxylic acids is 4. The largest absolute Gasteiger partial charge is 0.508 e. The van der Waals surface area contributed by atoms with Gasteiger partial charge in [-0.1, -0.05) is 24.3 Å². The van der Waals surface area contributed by atoms with E-state index in [-0.39, 0.29) is 29.9 Å². The summed E-state index contributed by atoms with van der Waals surface area (Å²) in [4.78, 5) is 59.4. The van der Waals surface area contributed by atoms with Crippen LogP contribution in [0.5, 0.6) is 5.75 Å². The number of fused-ring (bicyclic) bond motifs is 2. The van der Waals surface area contributed by atoms with Gasteiger partial charge >= 0.3 is 0 Å². The first kappa shape index (κ1) is 33.8. The second-order valence-electron chi connectivity index (χ2n) is 15.9. The number of piperazine rings is 1. The lowest BCUT2D eigenvalue weighted by atomic mass is 9.64. The smallest absolute Gasteiger partial charge is 0.255 e. The molecule has 4 aliphatic heterocycles. The molecule has 2 aliphatic carbocycles. The number of piperidine rings is 2. The van der Waals surface area contributed by atoms with E-state index in [1.165, 1.54) is 11.3 Å². The van der Waals surface area contributed by atoms with E-state index in [4.69, 9.17) is 0 Å². The number of aldehydes is 1. The number of imide groups is 1. The van der Waals surface area contributed by atoms with Gasteiger partial charge in [-0.2, -0.15) is 0 Å². The van der Waals surface area contributed by atoms with Crippen molar-refractivity contribution in [3.05, 3.63) is 100 Å². The second kappa shape index (κ2) is 13.5. The molecule has 1 saturated carbocycles. The molecule has 3 saturated heterocycles. The van der Waals surface area contributed by atoms with E-state index in [0.717, 1.165) is 112 Å². The summed E-state index contributed by atoms with van der Waals surface area (Å²) in [6.07, 6.45) is 9.31. The number of phenols is 1. The van der Waals surface area contributed by atoms with Crippen LogP contribution in [0.1, 0.15) is 71.1 Å². The van der Waals surface area contributed by atoms with Gasteiger partial charge in [-0.25, -0.2) is 0 Å². The number of nitrogens with zero attached hydrogens (tertiary/aromatic N) is 4. The summed E-state index contributed by atoms with van der Waals surface area (Å²) in [7, 11) is 0. The quantitative estimate of drug-likeness (QED) is 0.199. The van der Waals surface area contributed by atoms with Crippen LogP contribution in [0.2, 0.25) is 0 Å². The molecule has 0 spiro atoms. The number of aromatic hydroxyl groups is 1. The van der Waals surface area contributed by atoms with Crippen LogP contribution in [0.15, 0.2) is 72.3 Å². The molecule has 2 atom stereocenters. The van der Waals surface area contributed by atoms with Crippen molar-refractivity contribution in [3.8, 4) is 5.75 Å². The molecule has 3 aromatic rings. The molecule has 4 heterocycles. The Balaban J connectivity index is 0.787. The lowest BCUT2D eigenvalue weighted by Crippen LogP contribution is -2.52. The minimum atomic E-state index is -0.795. The van der Waals surface area contributed by atoms with Crippen molar-refractivity contribution in [2.24, 2.45) is 11.8 Å². The third-order valence-corrected chi connectivity index (χ3v) is 12.8. The van der Waals surface area contributed by atoms with E-state index < -0.39 is 11.5 Å². The van der Waals surface area contributed by atoms with Crippen LogP contribution >= 0.6 is 0 Å². The number of allylic oxidation sites excluding steroid dienone is 2. The van der Waals surface area contributed by atoms with Crippen LogP contribution in [0, 0.1) is 11.8 Å². The Morgan fingerprint density at radius 3 is 2.25 bits per heavy atom. The lowest BCUT2D eigenvalue weighted by Gasteiger charge is -2.40. The van der Waals surface area contributed by atoms with Gasteiger partial charge in [-0.05, 0) is 121 Å². The van der Waals surface area contributed by atoms with E-state index in [1.54, 1.807) is 11.0 Å². The molecule has 0 aromatic heterocycles. The fraction of sp³-hybridized carbons (Fsp3) is 0.442. The fourth-order valence-electron chi connectivity index (χ4n) is 9.70. The lowest BCUT2D eigenvalue weighted by molar-refractivity contribution is -0.136. The molecule has 3 aromatic carbocycles. The first-order valence-electron chi connectivity index (χ1n) is 19.4. The molecule has 9 rings (SSSR count). The van der Waals surface area contributed by atoms with Crippen molar-refractivity contribution < 1.29 is 24.3 Å². The van der Waals surface area contributed by atoms with E-state index in [9.17, 15) is 24.3 Å². The zero-order chi connectivity index (χ0) is 36.3. The molecule has 274 valence electrons. The zero-order valence-electron chi connectivity index (χ0n) is 30.1. The average Bonchev–Trinajstić information content (AvgIpc) is 3.97. The summed E-state index contributed by atoms with van der Waals surface area (Å²) in [5.41, 5.74) is 7.39. The Hall–Kier alpha value is -4.96. The van der Waals surface area contributed by atoms with Crippen LogP contribution in [0.3, 0.4) is 0 Å². The van der Waals surface area contributed by atoms with E-state index in [1.807, 2.05) is 24.3 Å². The first-order chi connectivity index (χ1) is 25.8. The fourth-order valence-corrected chi connectivity index (χ4v) is 9.70. The Morgan fingerprint density at radius 1 is 0.792 bits per heavy atom. The maximum atomic E-state index is 13.1. The standard InChI is InChI=1S/C43H47N5O5/c49-27-43(37(29-1-2-29)11-3-30-24-35(50)9-12-38(30)43)32-4-6-33(7-5-32)46-17-15-28(16-18-46)25-45-19-21-47(22-20-45)34-8-10-36-31(23-34)26-48(42(36)53)39-13-14-40(51)44-41(39)52/h4-12,23-24,27-29,39,50H,1-3,13-22,25-26H2,(H,44,51,52). The molecule has 53 heavy (non-hydrogen) atoms. The van der Waals surface area contributed by atoms with Crippen molar-refractivity contribution in [2.45, 2.75) is 62.9 Å². The van der Waals surface area contributed by atoms with Gasteiger partial charge in [0.2, 0.25) is 11.8 Å². The highest BCUT2D eigenvalue weighted by molar-refractivity contribution is 6.05. The normalized spacial score (nSPS) is 25.2. The van der Waals surface area contributed by atoms with Crippen molar-refractivity contribution >= 4 is 35.4 Å². The molecule has 10 heteroatoms. The van der Waals surface area contributed by atoms with Gasteiger partial charge in [0.15, 0.2) is 0 Å². The summed E-state index contributed by atoms with van der Waals surface area (Å²) in [5, 5.41) is 12.6. The minimum Gasteiger partial charge on any atom is -0.508 e. The molecule has 0 bridgehead atoms. The number of phenolic OH excluding ortho intramolecular Hbond substituents is 1.